The third kappa shape index (κ3) is 2.98. The number of amidine groups is 1. The van der Waals surface area contributed by atoms with Crippen LogP contribution in [0.15, 0.2) is 41.6 Å². The predicted octanol–water partition coefficient (Wildman–Crippen LogP) is 2.57. The van der Waals surface area contributed by atoms with Gasteiger partial charge in [0.25, 0.3) is 0 Å². The summed E-state index contributed by atoms with van der Waals surface area (Å²) in [6, 6.07) is 9.68. The maximum absolute atomic E-state index is 6.08. The SMILES string of the molecule is COc1ncc(CN2NNN=C2C)cc1-c1cccc(Cl)c1. The second-order valence-corrected chi connectivity index (χ2v) is 5.32. The van der Waals surface area contributed by atoms with Crippen molar-refractivity contribution in [2.24, 2.45) is 5.10 Å². The molecule has 6 nitrogen and oxygen atoms in total. The third-order valence-corrected chi connectivity index (χ3v) is 3.61. The molecular weight excluding hydrogens is 302 g/mol. The van der Waals surface area contributed by atoms with Crippen molar-refractivity contribution in [1.29, 1.82) is 0 Å². The summed E-state index contributed by atoms with van der Waals surface area (Å²) in [5.74, 6) is 1.43. The van der Waals surface area contributed by atoms with Gasteiger partial charge < -0.3 is 4.74 Å². The van der Waals surface area contributed by atoms with Crippen LogP contribution in [0.4, 0.5) is 0 Å². The minimum Gasteiger partial charge on any atom is -0.481 e. The molecule has 2 heterocycles. The van der Waals surface area contributed by atoms with E-state index in [9.17, 15) is 0 Å². The van der Waals surface area contributed by atoms with Crippen LogP contribution < -0.4 is 15.8 Å². The summed E-state index contributed by atoms with van der Waals surface area (Å²) in [4.78, 5) is 4.39. The molecule has 0 radical (unpaired) electrons. The molecule has 3 rings (SSSR count). The van der Waals surface area contributed by atoms with Crippen molar-refractivity contribution in [2.75, 3.05) is 7.11 Å². The quantitative estimate of drug-likeness (QED) is 0.907. The summed E-state index contributed by atoms with van der Waals surface area (Å²) in [6.07, 6.45) is 1.79. The Morgan fingerprint density at radius 2 is 2.18 bits per heavy atom. The summed E-state index contributed by atoms with van der Waals surface area (Å²) >= 11 is 6.08. The molecule has 2 N–H and O–H groups in total. The molecule has 0 unspecified atom stereocenters. The first-order chi connectivity index (χ1) is 10.7. The van der Waals surface area contributed by atoms with Crippen molar-refractivity contribution in [1.82, 2.24) is 21.1 Å². The fourth-order valence-corrected chi connectivity index (χ4v) is 2.44. The van der Waals surface area contributed by atoms with E-state index < -0.39 is 0 Å². The lowest BCUT2D eigenvalue weighted by Crippen LogP contribution is -2.39. The topological polar surface area (TPSA) is 61.8 Å². The number of hydrogen-bond acceptors (Lipinski definition) is 6. The van der Waals surface area contributed by atoms with Gasteiger partial charge in [-0.25, -0.2) is 10.5 Å². The number of benzene rings is 1. The number of nitrogens with one attached hydrogen (secondary N) is 2. The molecular formula is C15H16ClN5O. The van der Waals surface area contributed by atoms with E-state index >= 15 is 0 Å². The van der Waals surface area contributed by atoms with Crippen molar-refractivity contribution < 1.29 is 4.74 Å². The average Bonchev–Trinajstić information content (AvgIpc) is 2.92. The molecule has 0 aliphatic carbocycles. The highest BCUT2D eigenvalue weighted by atomic mass is 35.5. The molecule has 22 heavy (non-hydrogen) atoms. The molecule has 0 bridgehead atoms. The molecule has 1 aliphatic heterocycles. The Balaban J connectivity index is 1.94. The largest absolute Gasteiger partial charge is 0.481 e. The van der Waals surface area contributed by atoms with Crippen LogP contribution in [0, 0.1) is 0 Å². The lowest BCUT2D eigenvalue weighted by atomic mass is 10.1. The summed E-state index contributed by atoms with van der Waals surface area (Å²) in [7, 11) is 1.61. The highest BCUT2D eigenvalue weighted by Crippen LogP contribution is 2.30. The van der Waals surface area contributed by atoms with Gasteiger partial charge in [-0.05, 0) is 36.2 Å². The van der Waals surface area contributed by atoms with Gasteiger partial charge in [0, 0.05) is 16.8 Å². The number of nitrogens with zero attached hydrogens (tertiary/aromatic N) is 3. The van der Waals surface area contributed by atoms with Gasteiger partial charge in [0.2, 0.25) is 5.88 Å². The zero-order chi connectivity index (χ0) is 15.5. The van der Waals surface area contributed by atoms with Crippen LogP contribution in [0.1, 0.15) is 12.5 Å². The number of ether oxygens (including phenoxy) is 1. The van der Waals surface area contributed by atoms with Gasteiger partial charge in [-0.2, -0.15) is 0 Å². The summed E-state index contributed by atoms with van der Waals surface area (Å²) in [5.41, 5.74) is 8.58. The molecule has 0 saturated heterocycles. The Hall–Kier alpha value is -2.31. The van der Waals surface area contributed by atoms with Crippen molar-refractivity contribution in [3.63, 3.8) is 0 Å². The first kappa shape index (κ1) is 14.6. The molecule has 1 aromatic heterocycles. The molecule has 7 heteroatoms. The van der Waals surface area contributed by atoms with E-state index in [0.717, 1.165) is 22.5 Å². The minimum atomic E-state index is 0.573. The lowest BCUT2D eigenvalue weighted by molar-refractivity contribution is 0.286. The molecule has 0 saturated carbocycles. The number of methoxy groups -OCH3 is 1. The monoisotopic (exact) mass is 317 g/mol. The summed E-state index contributed by atoms with van der Waals surface area (Å²) < 4.78 is 5.37. The third-order valence-electron chi connectivity index (χ3n) is 3.37. The van der Waals surface area contributed by atoms with E-state index in [1.165, 1.54) is 0 Å². The highest BCUT2D eigenvalue weighted by molar-refractivity contribution is 6.30. The van der Waals surface area contributed by atoms with Crippen molar-refractivity contribution in [3.8, 4) is 17.0 Å². The van der Waals surface area contributed by atoms with Crippen LogP contribution in [-0.4, -0.2) is 22.9 Å². The second-order valence-electron chi connectivity index (χ2n) is 4.88. The van der Waals surface area contributed by atoms with Crippen LogP contribution in [-0.2, 0) is 6.54 Å². The number of hydrazine groups is 2. The summed E-state index contributed by atoms with van der Waals surface area (Å²) in [5, 5.41) is 6.63. The molecule has 2 aromatic rings. The van der Waals surface area contributed by atoms with Crippen molar-refractivity contribution in [3.05, 3.63) is 47.1 Å². The number of hydrazone groups is 1. The van der Waals surface area contributed by atoms with Crippen LogP contribution in [0.5, 0.6) is 5.88 Å². The van der Waals surface area contributed by atoms with Gasteiger partial charge in [-0.15, -0.1) is 10.6 Å². The zero-order valence-electron chi connectivity index (χ0n) is 12.3. The molecule has 0 amide bonds. The van der Waals surface area contributed by atoms with Gasteiger partial charge in [0.05, 0.1) is 13.7 Å². The van der Waals surface area contributed by atoms with Crippen molar-refractivity contribution in [2.45, 2.75) is 13.5 Å². The molecule has 0 fully saturated rings. The fraction of sp³-hybridized carbons (Fsp3) is 0.200. The second kappa shape index (κ2) is 6.21. The number of rotatable bonds is 4. The maximum Gasteiger partial charge on any atom is 0.221 e. The summed E-state index contributed by atoms with van der Waals surface area (Å²) in [6.45, 7) is 2.55. The van der Waals surface area contributed by atoms with E-state index in [1.54, 1.807) is 13.3 Å². The average molecular weight is 318 g/mol. The van der Waals surface area contributed by atoms with Crippen LogP contribution >= 0.6 is 11.6 Å². The van der Waals surface area contributed by atoms with E-state index in [-0.39, 0.29) is 0 Å². The first-order valence-corrected chi connectivity index (χ1v) is 7.16. The van der Waals surface area contributed by atoms with E-state index in [2.05, 4.69) is 21.2 Å². The smallest absolute Gasteiger partial charge is 0.221 e. The Morgan fingerprint density at radius 3 is 2.86 bits per heavy atom. The number of aromatic nitrogens is 1. The fourth-order valence-electron chi connectivity index (χ4n) is 2.25. The number of pyridine rings is 1. The van der Waals surface area contributed by atoms with Crippen LogP contribution in [0.3, 0.4) is 0 Å². The Bertz CT molecular complexity index is 719. The molecule has 0 spiro atoms. The highest BCUT2D eigenvalue weighted by Gasteiger charge is 2.15. The predicted molar refractivity (Wildman–Crippen MR) is 86.2 cm³/mol. The Morgan fingerprint density at radius 1 is 1.32 bits per heavy atom. The van der Waals surface area contributed by atoms with Gasteiger partial charge in [0.15, 0.2) is 0 Å². The zero-order valence-corrected chi connectivity index (χ0v) is 13.1. The van der Waals surface area contributed by atoms with Crippen LogP contribution in [0.2, 0.25) is 5.02 Å². The number of halogens is 1. The van der Waals surface area contributed by atoms with Crippen LogP contribution in [0.25, 0.3) is 11.1 Å². The molecule has 114 valence electrons. The van der Waals surface area contributed by atoms with Gasteiger partial charge in [-0.3, -0.25) is 5.01 Å². The normalized spacial score (nSPS) is 13.8. The maximum atomic E-state index is 6.08. The number of hydrogen-bond donors (Lipinski definition) is 2. The van der Waals surface area contributed by atoms with Gasteiger partial charge in [-0.1, -0.05) is 23.7 Å². The molecule has 1 aliphatic rings. The van der Waals surface area contributed by atoms with E-state index in [4.69, 9.17) is 16.3 Å². The van der Waals surface area contributed by atoms with Gasteiger partial charge in [0.1, 0.15) is 5.84 Å². The standard InChI is InChI=1S/C15H16ClN5O/c1-10-18-19-20-21(10)9-11-6-14(15(22-2)17-8-11)12-4-3-5-13(16)7-12/h3-8,19-20H,9H2,1-2H3. The molecule has 1 aromatic carbocycles. The Kier molecular flexibility index (Phi) is 4.13. The molecule has 0 atom stereocenters. The lowest BCUT2D eigenvalue weighted by Gasteiger charge is -2.17. The van der Waals surface area contributed by atoms with E-state index in [0.29, 0.717) is 17.4 Å². The Labute approximate surface area is 133 Å². The first-order valence-electron chi connectivity index (χ1n) is 6.78. The van der Waals surface area contributed by atoms with E-state index in [1.807, 2.05) is 42.3 Å². The van der Waals surface area contributed by atoms with Gasteiger partial charge >= 0.3 is 0 Å². The van der Waals surface area contributed by atoms with Crippen molar-refractivity contribution >= 4 is 17.4 Å². The minimum absolute atomic E-state index is 0.573.